The molecule has 1 amide bonds. The van der Waals surface area contributed by atoms with Crippen LogP contribution >= 0.6 is 0 Å². The zero-order valence-electron chi connectivity index (χ0n) is 13.1. The molecule has 4 nitrogen and oxygen atoms in total. The number of hydrogen-bond donors (Lipinski definition) is 0. The number of carbonyl (C=O) groups is 2. The average molecular weight is 309 g/mol. The Hall–Kier alpha value is -2.62. The number of fused-ring (bicyclic) bond motifs is 1. The maximum Gasteiger partial charge on any atom is 0.415 e. The van der Waals surface area contributed by atoms with Crippen molar-refractivity contribution >= 4 is 11.9 Å². The first-order chi connectivity index (χ1) is 11.2. The normalized spacial score (nSPS) is 16.7. The summed E-state index contributed by atoms with van der Waals surface area (Å²) >= 11 is 0. The molecular formula is C19H19NO3. The predicted octanol–water partition coefficient (Wildman–Crippen LogP) is 4.23. The van der Waals surface area contributed by atoms with Crippen molar-refractivity contribution in [1.82, 2.24) is 4.90 Å². The van der Waals surface area contributed by atoms with Gasteiger partial charge in [-0.15, -0.1) is 0 Å². The van der Waals surface area contributed by atoms with Crippen molar-refractivity contribution in [1.29, 1.82) is 0 Å². The van der Waals surface area contributed by atoms with E-state index < -0.39 is 0 Å². The van der Waals surface area contributed by atoms with E-state index in [2.05, 4.69) is 0 Å². The number of rotatable bonds is 5. The highest BCUT2D eigenvalue weighted by molar-refractivity contribution is 5.97. The van der Waals surface area contributed by atoms with Crippen LogP contribution in [0.1, 0.15) is 41.7 Å². The molecule has 1 aliphatic rings. The molecule has 1 atom stereocenters. The minimum atomic E-state index is -0.378. The van der Waals surface area contributed by atoms with E-state index >= 15 is 0 Å². The molecule has 0 spiro atoms. The second kappa shape index (κ2) is 6.65. The molecule has 0 bridgehead atoms. The summed E-state index contributed by atoms with van der Waals surface area (Å²) < 4.78 is 5.39. The SMILES string of the molecule is CCCN1C(=O)Oc2ccccc2C1CC(=O)c1ccccc1. The minimum absolute atomic E-state index is 0.0289. The highest BCUT2D eigenvalue weighted by Crippen LogP contribution is 2.37. The number of carbonyl (C=O) groups excluding carboxylic acids is 2. The van der Waals surface area contributed by atoms with Crippen LogP contribution in [-0.2, 0) is 0 Å². The molecule has 1 aliphatic heterocycles. The van der Waals surface area contributed by atoms with E-state index in [9.17, 15) is 9.59 Å². The Bertz CT molecular complexity index is 712. The predicted molar refractivity (Wildman–Crippen MR) is 87.6 cm³/mol. The van der Waals surface area contributed by atoms with Crippen LogP contribution in [0.25, 0.3) is 0 Å². The zero-order valence-corrected chi connectivity index (χ0v) is 13.1. The van der Waals surface area contributed by atoms with Crippen LogP contribution in [-0.4, -0.2) is 23.3 Å². The number of para-hydroxylation sites is 1. The highest BCUT2D eigenvalue weighted by atomic mass is 16.6. The summed E-state index contributed by atoms with van der Waals surface area (Å²) in [6, 6.07) is 16.3. The molecule has 0 saturated carbocycles. The number of benzene rings is 2. The summed E-state index contributed by atoms with van der Waals surface area (Å²) in [4.78, 5) is 26.5. The first kappa shape index (κ1) is 15.3. The molecule has 0 aromatic heterocycles. The van der Waals surface area contributed by atoms with Crippen LogP contribution in [0.15, 0.2) is 54.6 Å². The van der Waals surface area contributed by atoms with Gasteiger partial charge < -0.3 is 9.64 Å². The van der Waals surface area contributed by atoms with Gasteiger partial charge in [0.1, 0.15) is 5.75 Å². The van der Waals surface area contributed by atoms with Crippen LogP contribution < -0.4 is 4.74 Å². The number of ketones is 1. The van der Waals surface area contributed by atoms with E-state index in [1.165, 1.54) is 0 Å². The van der Waals surface area contributed by atoms with Gasteiger partial charge in [0.25, 0.3) is 0 Å². The highest BCUT2D eigenvalue weighted by Gasteiger charge is 2.35. The Morgan fingerprint density at radius 1 is 1.09 bits per heavy atom. The quantitative estimate of drug-likeness (QED) is 0.777. The molecule has 2 aromatic rings. The lowest BCUT2D eigenvalue weighted by molar-refractivity contribution is 0.0873. The summed E-state index contributed by atoms with van der Waals surface area (Å²) in [6.45, 7) is 2.57. The van der Waals surface area contributed by atoms with Crippen molar-refractivity contribution in [3.05, 3.63) is 65.7 Å². The molecule has 0 aliphatic carbocycles. The van der Waals surface area contributed by atoms with E-state index in [0.29, 0.717) is 17.9 Å². The fourth-order valence-corrected chi connectivity index (χ4v) is 2.92. The van der Waals surface area contributed by atoms with Crippen LogP contribution in [0, 0.1) is 0 Å². The van der Waals surface area contributed by atoms with Crippen molar-refractivity contribution in [3.63, 3.8) is 0 Å². The minimum Gasteiger partial charge on any atom is -0.410 e. The van der Waals surface area contributed by atoms with Crippen molar-refractivity contribution in [2.24, 2.45) is 0 Å². The molecule has 1 heterocycles. The van der Waals surface area contributed by atoms with Gasteiger partial charge in [0.2, 0.25) is 0 Å². The monoisotopic (exact) mass is 309 g/mol. The van der Waals surface area contributed by atoms with Gasteiger partial charge in [-0.3, -0.25) is 4.79 Å². The van der Waals surface area contributed by atoms with Crippen molar-refractivity contribution in [3.8, 4) is 5.75 Å². The number of amides is 1. The number of ether oxygens (including phenoxy) is 1. The molecule has 3 rings (SSSR count). The van der Waals surface area contributed by atoms with Gasteiger partial charge in [0.15, 0.2) is 5.78 Å². The van der Waals surface area contributed by atoms with Gasteiger partial charge in [-0.1, -0.05) is 55.5 Å². The number of nitrogens with zero attached hydrogens (tertiary/aromatic N) is 1. The average Bonchev–Trinajstić information content (AvgIpc) is 2.58. The van der Waals surface area contributed by atoms with Crippen LogP contribution in [0.5, 0.6) is 5.75 Å². The summed E-state index contributed by atoms with van der Waals surface area (Å²) in [7, 11) is 0. The summed E-state index contributed by atoms with van der Waals surface area (Å²) in [6.07, 6.45) is 0.695. The van der Waals surface area contributed by atoms with Gasteiger partial charge in [-0.2, -0.15) is 0 Å². The van der Waals surface area contributed by atoms with Gasteiger partial charge in [-0.05, 0) is 12.5 Å². The molecule has 0 radical (unpaired) electrons. The Morgan fingerprint density at radius 3 is 2.52 bits per heavy atom. The second-order valence-corrected chi connectivity index (χ2v) is 5.61. The Balaban J connectivity index is 1.92. The lowest BCUT2D eigenvalue weighted by atomic mass is 9.95. The molecule has 2 aromatic carbocycles. The molecule has 0 fully saturated rings. The fraction of sp³-hybridized carbons (Fsp3) is 0.263. The molecular weight excluding hydrogens is 290 g/mol. The van der Waals surface area contributed by atoms with Crippen LogP contribution in [0.4, 0.5) is 4.79 Å². The first-order valence-corrected chi connectivity index (χ1v) is 7.86. The first-order valence-electron chi connectivity index (χ1n) is 7.86. The standard InChI is InChI=1S/C19H19NO3/c1-2-12-20-16(13-17(21)14-8-4-3-5-9-14)15-10-6-7-11-18(15)23-19(20)22/h3-11,16H,2,12-13H2,1H3. The van der Waals surface area contributed by atoms with Gasteiger partial charge >= 0.3 is 6.09 Å². The van der Waals surface area contributed by atoms with Crippen LogP contribution in [0.2, 0.25) is 0 Å². The summed E-state index contributed by atoms with van der Waals surface area (Å²) in [5, 5.41) is 0. The lowest BCUT2D eigenvalue weighted by Crippen LogP contribution is -2.42. The Kier molecular flexibility index (Phi) is 4.42. The third-order valence-electron chi connectivity index (χ3n) is 4.03. The van der Waals surface area contributed by atoms with Gasteiger partial charge in [-0.25, -0.2) is 4.79 Å². The largest absolute Gasteiger partial charge is 0.415 e. The smallest absolute Gasteiger partial charge is 0.410 e. The molecule has 23 heavy (non-hydrogen) atoms. The van der Waals surface area contributed by atoms with E-state index in [1.807, 2.05) is 43.3 Å². The Labute approximate surface area is 135 Å². The third-order valence-corrected chi connectivity index (χ3v) is 4.03. The van der Waals surface area contributed by atoms with Crippen molar-refractivity contribution < 1.29 is 14.3 Å². The molecule has 0 saturated heterocycles. The van der Waals surface area contributed by atoms with E-state index in [4.69, 9.17) is 4.74 Å². The van der Waals surface area contributed by atoms with Crippen molar-refractivity contribution in [2.75, 3.05) is 6.54 Å². The molecule has 1 unspecified atom stereocenters. The number of hydrogen-bond acceptors (Lipinski definition) is 3. The fourth-order valence-electron chi connectivity index (χ4n) is 2.92. The van der Waals surface area contributed by atoms with E-state index in [-0.39, 0.29) is 24.3 Å². The topological polar surface area (TPSA) is 46.6 Å². The third kappa shape index (κ3) is 3.11. The van der Waals surface area contributed by atoms with E-state index in [0.717, 1.165) is 12.0 Å². The summed E-state index contributed by atoms with van der Waals surface area (Å²) in [5.74, 6) is 0.580. The van der Waals surface area contributed by atoms with Crippen molar-refractivity contribution in [2.45, 2.75) is 25.8 Å². The lowest BCUT2D eigenvalue weighted by Gasteiger charge is -2.35. The maximum atomic E-state index is 12.6. The van der Waals surface area contributed by atoms with E-state index in [1.54, 1.807) is 23.1 Å². The molecule has 118 valence electrons. The molecule has 0 N–H and O–H groups in total. The molecule has 4 heteroatoms. The van der Waals surface area contributed by atoms with Crippen LogP contribution in [0.3, 0.4) is 0 Å². The van der Waals surface area contributed by atoms with Gasteiger partial charge in [0.05, 0.1) is 6.04 Å². The number of Topliss-reactive ketones (excluding diaryl/α,β-unsaturated/α-hetero) is 1. The maximum absolute atomic E-state index is 12.6. The second-order valence-electron chi connectivity index (χ2n) is 5.61. The Morgan fingerprint density at radius 2 is 1.78 bits per heavy atom. The van der Waals surface area contributed by atoms with Gasteiger partial charge in [0, 0.05) is 24.1 Å². The zero-order chi connectivity index (χ0) is 16.2. The summed E-state index contributed by atoms with van der Waals surface area (Å²) in [5.41, 5.74) is 1.56.